The third-order valence-electron chi connectivity index (χ3n) is 3.02. The summed E-state index contributed by atoms with van der Waals surface area (Å²) in [7, 11) is -3.66. The Morgan fingerprint density at radius 1 is 1.38 bits per heavy atom. The molecule has 0 radical (unpaired) electrons. The van der Waals surface area contributed by atoms with Crippen molar-refractivity contribution in [1.29, 1.82) is 0 Å². The number of carbonyl (C=O) groups excluding carboxylic acids is 2. The number of hydrogen-bond acceptors (Lipinski definition) is 6. The molecule has 1 aromatic rings. The van der Waals surface area contributed by atoms with E-state index in [0.717, 1.165) is 0 Å². The van der Waals surface area contributed by atoms with E-state index in [9.17, 15) is 18.0 Å². The highest BCUT2D eigenvalue weighted by atomic mass is 35.5. The molecule has 0 aliphatic carbocycles. The third kappa shape index (κ3) is 5.64. The van der Waals surface area contributed by atoms with Crippen molar-refractivity contribution in [2.24, 2.45) is 5.73 Å². The Morgan fingerprint density at radius 2 is 2.12 bits per heavy atom. The van der Waals surface area contributed by atoms with Crippen molar-refractivity contribution in [3.63, 3.8) is 0 Å². The predicted molar refractivity (Wildman–Crippen MR) is 95.6 cm³/mol. The lowest BCUT2D eigenvalue weighted by atomic mass is 10.3. The van der Waals surface area contributed by atoms with Crippen molar-refractivity contribution in [2.45, 2.75) is 4.90 Å². The Hall–Kier alpha value is -1.33. The number of nitrogens with one attached hydrogen (secondary N) is 2. The van der Waals surface area contributed by atoms with E-state index in [-0.39, 0.29) is 48.8 Å². The van der Waals surface area contributed by atoms with Gasteiger partial charge in [0.1, 0.15) is 6.54 Å². The lowest BCUT2D eigenvalue weighted by Crippen LogP contribution is -2.34. The predicted octanol–water partition coefficient (Wildman–Crippen LogP) is -0.183. The van der Waals surface area contributed by atoms with Crippen LogP contribution in [-0.2, 0) is 19.6 Å². The Balaban J connectivity index is 0.00000288. The minimum Gasteiger partial charge on any atom is -0.329 e. The fraction of sp³-hybridized carbons (Fsp3) is 0.385. The van der Waals surface area contributed by atoms with Crippen molar-refractivity contribution >= 4 is 51.7 Å². The Kier molecular flexibility index (Phi) is 7.97. The molecule has 1 saturated heterocycles. The topological polar surface area (TPSA) is 122 Å². The van der Waals surface area contributed by atoms with Crippen LogP contribution in [0.25, 0.3) is 0 Å². The van der Waals surface area contributed by atoms with E-state index in [1.165, 1.54) is 34.9 Å². The first kappa shape index (κ1) is 20.7. The summed E-state index contributed by atoms with van der Waals surface area (Å²) in [4.78, 5) is 24.9. The largest absolute Gasteiger partial charge is 0.329 e. The van der Waals surface area contributed by atoms with Gasteiger partial charge in [-0.3, -0.25) is 9.59 Å². The van der Waals surface area contributed by atoms with Gasteiger partial charge in [0.25, 0.3) is 0 Å². The summed E-state index contributed by atoms with van der Waals surface area (Å²) < 4.78 is 26.4. The molecule has 0 atom stereocenters. The molecule has 2 rings (SSSR count). The van der Waals surface area contributed by atoms with Gasteiger partial charge in [0.2, 0.25) is 21.8 Å². The molecule has 8 nitrogen and oxygen atoms in total. The molecule has 1 aliphatic heterocycles. The Morgan fingerprint density at radius 3 is 2.75 bits per heavy atom. The first-order chi connectivity index (χ1) is 10.9. The van der Waals surface area contributed by atoms with E-state index < -0.39 is 10.0 Å². The molecule has 2 amide bonds. The lowest BCUT2D eigenvalue weighted by molar-refractivity contribution is -0.130. The number of hydrogen-bond donors (Lipinski definition) is 3. The summed E-state index contributed by atoms with van der Waals surface area (Å²) in [5.41, 5.74) is 5.63. The van der Waals surface area contributed by atoms with E-state index in [1.807, 2.05) is 0 Å². The first-order valence-electron chi connectivity index (χ1n) is 6.87. The van der Waals surface area contributed by atoms with Crippen molar-refractivity contribution in [3.05, 3.63) is 24.3 Å². The fourth-order valence-electron chi connectivity index (χ4n) is 1.93. The van der Waals surface area contributed by atoms with Gasteiger partial charge in [0.15, 0.2) is 0 Å². The summed E-state index contributed by atoms with van der Waals surface area (Å²) in [6.45, 7) is 0.277. The Bertz CT molecular complexity index is 699. The molecule has 0 spiro atoms. The molecule has 0 unspecified atom stereocenters. The standard InChI is InChI=1S/C13H18N4O4S2.ClH/c14-4-5-15-23(20,21)11-3-1-2-10(6-11)16-12(18)7-17-9-22-8-13(17)19;/h1-3,6,15H,4-5,7-9,14H2,(H,16,18);1H. The number of anilines is 1. The molecule has 0 saturated carbocycles. The van der Waals surface area contributed by atoms with Gasteiger partial charge in [-0.1, -0.05) is 6.07 Å². The zero-order valence-electron chi connectivity index (χ0n) is 12.7. The molecule has 24 heavy (non-hydrogen) atoms. The van der Waals surface area contributed by atoms with Gasteiger partial charge >= 0.3 is 0 Å². The second-order valence-corrected chi connectivity index (χ2v) is 7.55. The van der Waals surface area contributed by atoms with Crippen LogP contribution < -0.4 is 15.8 Å². The zero-order valence-corrected chi connectivity index (χ0v) is 15.2. The molecular formula is C13H19ClN4O4S2. The number of sulfonamides is 1. The molecule has 4 N–H and O–H groups in total. The van der Waals surface area contributed by atoms with E-state index in [2.05, 4.69) is 10.0 Å². The maximum absolute atomic E-state index is 12.0. The van der Waals surface area contributed by atoms with Crippen molar-refractivity contribution < 1.29 is 18.0 Å². The summed E-state index contributed by atoms with van der Waals surface area (Å²) in [5.74, 6) is 0.426. The van der Waals surface area contributed by atoms with Gasteiger partial charge in [-0.05, 0) is 18.2 Å². The molecule has 0 aromatic heterocycles. The maximum Gasteiger partial charge on any atom is 0.244 e. The Labute approximate surface area is 151 Å². The number of amides is 2. The molecule has 1 heterocycles. The van der Waals surface area contributed by atoms with Gasteiger partial charge < -0.3 is 16.0 Å². The maximum atomic E-state index is 12.0. The SMILES string of the molecule is Cl.NCCNS(=O)(=O)c1cccc(NC(=O)CN2CSCC2=O)c1. The van der Waals surface area contributed by atoms with Gasteiger partial charge in [0.05, 0.1) is 16.5 Å². The highest BCUT2D eigenvalue weighted by Crippen LogP contribution is 2.17. The average Bonchev–Trinajstić information content (AvgIpc) is 2.90. The van der Waals surface area contributed by atoms with E-state index in [4.69, 9.17) is 5.73 Å². The van der Waals surface area contributed by atoms with Crippen LogP contribution >= 0.6 is 24.2 Å². The van der Waals surface area contributed by atoms with Gasteiger partial charge in [-0.15, -0.1) is 24.2 Å². The second-order valence-electron chi connectivity index (χ2n) is 4.83. The quantitative estimate of drug-likeness (QED) is 0.589. The average molecular weight is 395 g/mol. The lowest BCUT2D eigenvalue weighted by Gasteiger charge is -2.14. The van der Waals surface area contributed by atoms with Gasteiger partial charge in [0, 0.05) is 18.8 Å². The van der Waals surface area contributed by atoms with Crippen LogP contribution in [0.5, 0.6) is 0 Å². The van der Waals surface area contributed by atoms with Crippen LogP contribution in [0.2, 0.25) is 0 Å². The highest BCUT2D eigenvalue weighted by molar-refractivity contribution is 8.00. The highest BCUT2D eigenvalue weighted by Gasteiger charge is 2.23. The zero-order chi connectivity index (χ0) is 16.9. The van der Waals surface area contributed by atoms with Crippen LogP contribution in [0.3, 0.4) is 0 Å². The number of nitrogens with zero attached hydrogens (tertiary/aromatic N) is 1. The molecule has 0 bridgehead atoms. The summed E-state index contributed by atoms with van der Waals surface area (Å²) in [6, 6.07) is 5.90. The van der Waals surface area contributed by atoms with Crippen LogP contribution in [0.1, 0.15) is 0 Å². The minimum atomic E-state index is -3.66. The number of nitrogens with two attached hydrogens (primary N) is 1. The summed E-state index contributed by atoms with van der Waals surface area (Å²) >= 11 is 1.45. The van der Waals surface area contributed by atoms with Crippen LogP contribution in [-0.4, -0.2) is 56.4 Å². The fourth-order valence-corrected chi connectivity index (χ4v) is 3.93. The molecule has 134 valence electrons. The van der Waals surface area contributed by atoms with Crippen LogP contribution in [0, 0.1) is 0 Å². The summed E-state index contributed by atoms with van der Waals surface area (Å²) in [6.07, 6.45) is 0. The number of rotatable bonds is 7. The van der Waals surface area contributed by atoms with E-state index in [1.54, 1.807) is 6.07 Å². The molecule has 1 fully saturated rings. The molecule has 11 heteroatoms. The second kappa shape index (κ2) is 9.23. The number of halogens is 1. The van der Waals surface area contributed by atoms with E-state index in [0.29, 0.717) is 17.3 Å². The number of carbonyl (C=O) groups is 2. The van der Waals surface area contributed by atoms with Crippen molar-refractivity contribution in [1.82, 2.24) is 9.62 Å². The van der Waals surface area contributed by atoms with Gasteiger partial charge in [-0.25, -0.2) is 13.1 Å². The van der Waals surface area contributed by atoms with Crippen LogP contribution in [0.4, 0.5) is 5.69 Å². The molecular weight excluding hydrogens is 376 g/mol. The summed E-state index contributed by atoms with van der Waals surface area (Å²) in [5, 5.41) is 2.60. The molecule has 1 aliphatic rings. The minimum absolute atomic E-state index is 0. The van der Waals surface area contributed by atoms with Crippen molar-refractivity contribution in [2.75, 3.05) is 36.6 Å². The van der Waals surface area contributed by atoms with Crippen molar-refractivity contribution in [3.8, 4) is 0 Å². The normalized spacial score (nSPS) is 14.4. The smallest absolute Gasteiger partial charge is 0.244 e. The number of benzene rings is 1. The number of thioether (sulfide) groups is 1. The van der Waals surface area contributed by atoms with Gasteiger partial charge in [-0.2, -0.15) is 0 Å². The molecule has 1 aromatic carbocycles. The third-order valence-corrected chi connectivity index (χ3v) is 5.43. The first-order valence-corrected chi connectivity index (χ1v) is 9.51. The van der Waals surface area contributed by atoms with E-state index >= 15 is 0 Å². The van der Waals surface area contributed by atoms with Crippen LogP contribution in [0.15, 0.2) is 29.2 Å². The monoisotopic (exact) mass is 394 g/mol.